The number of benzene rings is 5. The molecule has 0 fully saturated rings. The Kier molecular flexibility index (Phi) is 8.18. The second-order valence-electron chi connectivity index (χ2n) is 11.5. The van der Waals surface area contributed by atoms with Crippen molar-refractivity contribution in [2.24, 2.45) is 0 Å². The number of aromatic hydroxyl groups is 1. The van der Waals surface area contributed by atoms with E-state index in [1.54, 1.807) is 30.5 Å². The van der Waals surface area contributed by atoms with Gasteiger partial charge < -0.3 is 20.7 Å². The highest BCUT2D eigenvalue weighted by Crippen LogP contribution is 2.31. The molecule has 0 saturated heterocycles. The maximum Gasteiger partial charge on any atom is 0.251 e. The third-order valence-corrected chi connectivity index (χ3v) is 8.36. The number of hydrogen-bond donors (Lipinski definition) is 4. The first-order chi connectivity index (χ1) is 23.0. The summed E-state index contributed by atoms with van der Waals surface area (Å²) in [5.41, 5.74) is 7.45. The molecule has 5 aromatic carbocycles. The largest absolute Gasteiger partial charge is 0.506 e. The lowest BCUT2D eigenvalue weighted by Crippen LogP contribution is -2.47. The monoisotopic (exact) mass is 616 g/mol. The van der Waals surface area contributed by atoms with Crippen LogP contribution in [0.3, 0.4) is 0 Å². The van der Waals surface area contributed by atoms with E-state index < -0.39 is 6.04 Å². The highest BCUT2D eigenvalue weighted by atomic mass is 16.3. The van der Waals surface area contributed by atoms with Crippen molar-refractivity contribution in [3.05, 3.63) is 156 Å². The Morgan fingerprint density at radius 2 is 1.51 bits per heavy atom. The van der Waals surface area contributed by atoms with Gasteiger partial charge in [-0.1, -0.05) is 84.9 Å². The quantitative estimate of drug-likeness (QED) is 0.135. The van der Waals surface area contributed by atoms with Crippen LogP contribution in [-0.4, -0.2) is 32.9 Å². The number of rotatable bonds is 9. The zero-order valence-corrected chi connectivity index (χ0v) is 25.5. The van der Waals surface area contributed by atoms with E-state index in [-0.39, 0.29) is 17.6 Å². The van der Waals surface area contributed by atoms with Crippen LogP contribution in [0.15, 0.2) is 140 Å². The smallest absolute Gasteiger partial charge is 0.251 e. The van der Waals surface area contributed by atoms with Gasteiger partial charge in [-0.05, 0) is 75.8 Å². The Labute approximate surface area is 271 Å². The van der Waals surface area contributed by atoms with Crippen molar-refractivity contribution in [3.63, 3.8) is 0 Å². The lowest BCUT2D eigenvalue weighted by Gasteiger charge is -2.19. The van der Waals surface area contributed by atoms with E-state index in [0.29, 0.717) is 24.0 Å². The topological polar surface area (TPSA) is 107 Å². The van der Waals surface area contributed by atoms with E-state index in [4.69, 9.17) is 0 Å². The van der Waals surface area contributed by atoms with Gasteiger partial charge in [0, 0.05) is 47.2 Å². The minimum atomic E-state index is -0.835. The van der Waals surface area contributed by atoms with Gasteiger partial charge in [-0.25, -0.2) is 0 Å². The summed E-state index contributed by atoms with van der Waals surface area (Å²) in [5, 5.41) is 18.4. The Balaban J connectivity index is 1.13. The molecule has 2 aromatic heterocycles. The average molecular weight is 617 g/mol. The van der Waals surface area contributed by atoms with E-state index in [9.17, 15) is 14.7 Å². The highest BCUT2D eigenvalue weighted by Gasteiger charge is 2.23. The van der Waals surface area contributed by atoms with Gasteiger partial charge in [0.05, 0.1) is 0 Å². The van der Waals surface area contributed by atoms with Crippen LogP contribution < -0.4 is 10.6 Å². The number of carbonyl (C=O) groups is 2. The number of nitrogens with one attached hydrogen (secondary N) is 3. The molecule has 7 nitrogen and oxygen atoms in total. The number of amides is 2. The zero-order chi connectivity index (χ0) is 32.2. The summed E-state index contributed by atoms with van der Waals surface area (Å²) in [4.78, 5) is 35.0. The average Bonchev–Trinajstić information content (AvgIpc) is 3.53. The Morgan fingerprint density at radius 3 is 2.38 bits per heavy atom. The van der Waals surface area contributed by atoms with Gasteiger partial charge in [0.15, 0.2) is 0 Å². The number of phenolic OH excluding ortho intramolecular Hbond substituents is 1. The molecule has 7 heteroatoms. The third kappa shape index (κ3) is 6.46. The number of para-hydroxylation sites is 1. The predicted molar refractivity (Wildman–Crippen MR) is 186 cm³/mol. The lowest BCUT2D eigenvalue weighted by atomic mass is 9.99. The molecule has 7 rings (SSSR count). The molecule has 1 atom stereocenters. The van der Waals surface area contributed by atoms with Crippen LogP contribution in [0.1, 0.15) is 21.5 Å². The fourth-order valence-corrected chi connectivity index (χ4v) is 5.95. The molecular formula is C40H32N4O3. The summed E-state index contributed by atoms with van der Waals surface area (Å²) in [6.07, 6.45) is 3.83. The van der Waals surface area contributed by atoms with E-state index in [1.807, 2.05) is 91.1 Å². The second kappa shape index (κ2) is 13.0. The number of fused-ring (bicyclic) bond motifs is 2. The van der Waals surface area contributed by atoms with Gasteiger partial charge in [-0.15, -0.1) is 0 Å². The number of hydrogen-bond acceptors (Lipinski definition) is 4. The van der Waals surface area contributed by atoms with Crippen molar-refractivity contribution in [1.82, 2.24) is 20.6 Å². The number of nitrogens with zero attached hydrogens (tertiary/aromatic N) is 1. The number of aromatic nitrogens is 2. The summed E-state index contributed by atoms with van der Waals surface area (Å²) in [6.45, 7) is 0.315. The fourth-order valence-electron chi connectivity index (χ4n) is 5.95. The molecular weight excluding hydrogens is 584 g/mol. The first-order valence-electron chi connectivity index (χ1n) is 15.5. The Hall–Kier alpha value is -6.21. The van der Waals surface area contributed by atoms with Crippen molar-refractivity contribution in [2.45, 2.75) is 19.0 Å². The van der Waals surface area contributed by atoms with Gasteiger partial charge in [-0.3, -0.25) is 14.6 Å². The molecule has 7 aromatic rings. The van der Waals surface area contributed by atoms with Gasteiger partial charge in [0.1, 0.15) is 17.3 Å². The van der Waals surface area contributed by atoms with Gasteiger partial charge in [-0.2, -0.15) is 0 Å². The van der Waals surface area contributed by atoms with Crippen LogP contribution in [0.25, 0.3) is 44.1 Å². The number of phenols is 1. The normalized spacial score (nSPS) is 11.7. The van der Waals surface area contributed by atoms with E-state index >= 15 is 0 Å². The van der Waals surface area contributed by atoms with Crippen LogP contribution in [0.2, 0.25) is 0 Å². The SMILES string of the molecule is O=C(NC(Cc1c[nH]c2ccccc12)C(=O)NCc1cccc(-c2ccccc2)c1)c1cccc(-c2cc(O)c3ncccc3c2)c1. The van der Waals surface area contributed by atoms with Crippen LogP contribution in [0.5, 0.6) is 5.75 Å². The number of H-pyrrole nitrogens is 1. The molecule has 2 amide bonds. The van der Waals surface area contributed by atoms with Crippen molar-refractivity contribution >= 4 is 33.6 Å². The van der Waals surface area contributed by atoms with Gasteiger partial charge in [0.2, 0.25) is 5.91 Å². The standard InChI is InChI=1S/C40H32N4O3/c45-37-23-32(21-30-15-8-18-41-38(30)37)29-13-7-14-31(20-29)39(46)44-36(22-33-25-42-35-17-5-4-16-34(33)35)40(47)43-24-26-9-6-12-28(19-26)27-10-2-1-3-11-27/h1-21,23,25,36,42,45H,22,24H2,(H,43,47)(H,44,46). The number of carbonyl (C=O) groups excluding carboxylic acids is 2. The van der Waals surface area contributed by atoms with Crippen molar-refractivity contribution in [1.29, 1.82) is 0 Å². The first kappa shape index (κ1) is 29.5. The summed E-state index contributed by atoms with van der Waals surface area (Å²) >= 11 is 0. The van der Waals surface area contributed by atoms with Crippen molar-refractivity contribution in [2.75, 3.05) is 0 Å². The molecule has 0 aliphatic rings. The van der Waals surface area contributed by atoms with Crippen LogP contribution in [-0.2, 0) is 17.8 Å². The summed E-state index contributed by atoms with van der Waals surface area (Å²) in [5.74, 6) is -0.584. The molecule has 0 spiro atoms. The maximum atomic E-state index is 13.8. The Bertz CT molecular complexity index is 2220. The molecule has 47 heavy (non-hydrogen) atoms. The lowest BCUT2D eigenvalue weighted by molar-refractivity contribution is -0.123. The summed E-state index contributed by atoms with van der Waals surface area (Å²) < 4.78 is 0. The predicted octanol–water partition coefficient (Wildman–Crippen LogP) is 7.41. The molecule has 4 N–H and O–H groups in total. The van der Waals surface area contributed by atoms with E-state index in [1.165, 1.54) is 0 Å². The number of aromatic amines is 1. The first-order valence-corrected chi connectivity index (χ1v) is 15.5. The highest BCUT2D eigenvalue weighted by molar-refractivity contribution is 5.99. The minimum Gasteiger partial charge on any atom is -0.506 e. The van der Waals surface area contributed by atoms with Crippen molar-refractivity contribution < 1.29 is 14.7 Å². The molecule has 0 aliphatic heterocycles. The van der Waals surface area contributed by atoms with Gasteiger partial charge in [0.25, 0.3) is 5.91 Å². The second-order valence-corrected chi connectivity index (χ2v) is 11.5. The molecule has 230 valence electrons. The van der Waals surface area contributed by atoms with E-state index in [2.05, 4.69) is 38.8 Å². The van der Waals surface area contributed by atoms with Crippen LogP contribution in [0, 0.1) is 0 Å². The minimum absolute atomic E-state index is 0.0673. The van der Waals surface area contributed by atoms with Crippen LogP contribution >= 0.6 is 0 Å². The van der Waals surface area contributed by atoms with E-state index in [0.717, 1.165) is 49.7 Å². The van der Waals surface area contributed by atoms with Gasteiger partial charge >= 0.3 is 0 Å². The zero-order valence-electron chi connectivity index (χ0n) is 25.5. The third-order valence-electron chi connectivity index (χ3n) is 8.36. The maximum absolute atomic E-state index is 13.8. The van der Waals surface area contributed by atoms with Crippen LogP contribution in [0.4, 0.5) is 0 Å². The summed E-state index contributed by atoms with van der Waals surface area (Å²) in [7, 11) is 0. The molecule has 1 unspecified atom stereocenters. The molecule has 0 aliphatic carbocycles. The Morgan fingerprint density at radius 1 is 0.745 bits per heavy atom. The number of pyridine rings is 1. The van der Waals surface area contributed by atoms with Crippen molar-refractivity contribution in [3.8, 4) is 28.0 Å². The molecule has 0 saturated carbocycles. The molecule has 2 heterocycles. The summed E-state index contributed by atoms with van der Waals surface area (Å²) in [6, 6.07) is 39.7. The molecule has 0 bridgehead atoms. The molecule has 0 radical (unpaired) electrons. The fraction of sp³-hybridized carbons (Fsp3) is 0.0750.